The molecule has 154 valence electrons. The Morgan fingerprint density at radius 3 is 2.83 bits per heavy atom. The zero-order chi connectivity index (χ0) is 20.8. The van der Waals surface area contributed by atoms with Gasteiger partial charge in [-0.1, -0.05) is 23.7 Å². The van der Waals surface area contributed by atoms with Gasteiger partial charge < -0.3 is 9.47 Å². The lowest BCUT2D eigenvalue weighted by Gasteiger charge is -2.21. The van der Waals surface area contributed by atoms with Crippen molar-refractivity contribution in [2.45, 2.75) is 39.2 Å². The summed E-state index contributed by atoms with van der Waals surface area (Å²) in [4.78, 5) is 19.6. The average molecular weight is 423 g/mol. The Bertz CT molecular complexity index is 921. The van der Waals surface area contributed by atoms with Gasteiger partial charge in [0.1, 0.15) is 18.1 Å². The summed E-state index contributed by atoms with van der Waals surface area (Å²) in [6, 6.07) is 4.22. The molecule has 0 amide bonds. The van der Waals surface area contributed by atoms with Crippen LogP contribution < -0.4 is 4.74 Å². The summed E-state index contributed by atoms with van der Waals surface area (Å²) in [6.07, 6.45) is 5.25. The van der Waals surface area contributed by atoms with E-state index in [1.54, 1.807) is 13.0 Å². The second-order valence-electron chi connectivity index (χ2n) is 6.75. The molecule has 3 rings (SSSR count). The largest absolute Gasteiger partial charge is 0.466 e. The standard InChI is InChI=1S/C21H21ClF2N2O3/c1-2-28-19(27)9-13-3-5-14(6-4-13)20-18(24)11-25-21(26-20)29-12-15-7-8-16(22)10-17(15)23/h5,7-8,10-11,13H,2-4,6,9,12H2,1H3. The van der Waals surface area contributed by atoms with Crippen molar-refractivity contribution in [1.29, 1.82) is 0 Å². The van der Waals surface area contributed by atoms with Crippen LogP contribution in [0.25, 0.3) is 5.57 Å². The van der Waals surface area contributed by atoms with Gasteiger partial charge in [-0.05, 0) is 49.8 Å². The Hall–Kier alpha value is -2.54. The zero-order valence-electron chi connectivity index (χ0n) is 16.0. The van der Waals surface area contributed by atoms with E-state index in [-0.39, 0.29) is 35.2 Å². The van der Waals surface area contributed by atoms with E-state index >= 15 is 0 Å². The number of rotatable bonds is 7. The number of ether oxygens (including phenoxy) is 2. The first-order valence-corrected chi connectivity index (χ1v) is 9.78. The molecule has 0 radical (unpaired) electrons. The Balaban J connectivity index is 1.66. The molecule has 1 aliphatic rings. The topological polar surface area (TPSA) is 61.3 Å². The molecule has 1 unspecified atom stereocenters. The van der Waals surface area contributed by atoms with Crippen molar-refractivity contribution in [3.05, 3.63) is 58.4 Å². The lowest BCUT2D eigenvalue weighted by Crippen LogP contribution is -2.14. The van der Waals surface area contributed by atoms with Crippen molar-refractivity contribution in [2.24, 2.45) is 5.92 Å². The summed E-state index contributed by atoms with van der Waals surface area (Å²) in [5.41, 5.74) is 1.20. The maximum absolute atomic E-state index is 14.3. The highest BCUT2D eigenvalue weighted by atomic mass is 35.5. The van der Waals surface area contributed by atoms with Gasteiger partial charge in [0.2, 0.25) is 0 Å². The van der Waals surface area contributed by atoms with Crippen LogP contribution in [-0.4, -0.2) is 22.5 Å². The number of aromatic nitrogens is 2. The molecule has 1 atom stereocenters. The number of carbonyl (C=O) groups excluding carboxylic acids is 1. The number of carbonyl (C=O) groups is 1. The number of allylic oxidation sites excluding steroid dienone is 2. The van der Waals surface area contributed by atoms with Crippen LogP contribution in [0.5, 0.6) is 6.01 Å². The van der Waals surface area contributed by atoms with Crippen molar-refractivity contribution >= 4 is 23.1 Å². The summed E-state index contributed by atoms with van der Waals surface area (Å²) in [5, 5.41) is 0.289. The lowest BCUT2D eigenvalue weighted by atomic mass is 9.86. The van der Waals surface area contributed by atoms with E-state index in [0.29, 0.717) is 31.4 Å². The first kappa shape index (κ1) is 21.2. The van der Waals surface area contributed by atoms with Gasteiger partial charge in [0.05, 0.1) is 12.8 Å². The molecule has 0 saturated carbocycles. The number of esters is 1. The summed E-state index contributed by atoms with van der Waals surface area (Å²) in [5.74, 6) is -1.09. The van der Waals surface area contributed by atoms with Crippen LogP contribution in [-0.2, 0) is 16.1 Å². The van der Waals surface area contributed by atoms with Gasteiger partial charge in [-0.2, -0.15) is 4.98 Å². The fourth-order valence-corrected chi connectivity index (χ4v) is 3.33. The predicted octanol–water partition coefficient (Wildman–Crippen LogP) is 5.12. The quantitative estimate of drug-likeness (QED) is 0.579. The van der Waals surface area contributed by atoms with Crippen LogP contribution in [0.2, 0.25) is 5.02 Å². The second kappa shape index (κ2) is 9.78. The molecule has 0 N–H and O–H groups in total. The normalized spacial score (nSPS) is 16.3. The van der Waals surface area contributed by atoms with E-state index in [9.17, 15) is 13.6 Å². The van der Waals surface area contributed by atoms with E-state index in [1.807, 2.05) is 6.08 Å². The van der Waals surface area contributed by atoms with Crippen molar-refractivity contribution < 1.29 is 23.0 Å². The predicted molar refractivity (Wildman–Crippen MR) is 104 cm³/mol. The third kappa shape index (κ3) is 5.73. The number of hydrogen-bond acceptors (Lipinski definition) is 5. The van der Waals surface area contributed by atoms with E-state index < -0.39 is 11.6 Å². The monoisotopic (exact) mass is 422 g/mol. The first-order chi connectivity index (χ1) is 14.0. The highest BCUT2D eigenvalue weighted by molar-refractivity contribution is 6.30. The molecule has 1 aromatic heterocycles. The second-order valence-corrected chi connectivity index (χ2v) is 7.19. The highest BCUT2D eigenvalue weighted by Gasteiger charge is 2.22. The minimum absolute atomic E-state index is 0.0368. The third-order valence-corrected chi connectivity index (χ3v) is 4.91. The van der Waals surface area contributed by atoms with Gasteiger partial charge in [0.15, 0.2) is 5.82 Å². The molecule has 1 aromatic carbocycles. The number of hydrogen-bond donors (Lipinski definition) is 0. The van der Waals surface area contributed by atoms with E-state index in [2.05, 4.69) is 9.97 Å². The molecule has 8 heteroatoms. The minimum atomic E-state index is -0.551. The van der Waals surface area contributed by atoms with E-state index in [4.69, 9.17) is 21.1 Å². The molecular formula is C21H21ClF2N2O3. The van der Waals surface area contributed by atoms with Crippen molar-refractivity contribution in [3.8, 4) is 6.01 Å². The molecule has 0 aliphatic heterocycles. The van der Waals surface area contributed by atoms with Gasteiger partial charge in [0, 0.05) is 17.0 Å². The van der Waals surface area contributed by atoms with Crippen LogP contribution in [0.15, 0.2) is 30.5 Å². The lowest BCUT2D eigenvalue weighted by molar-refractivity contribution is -0.144. The van der Waals surface area contributed by atoms with E-state index in [1.165, 1.54) is 12.1 Å². The van der Waals surface area contributed by atoms with Gasteiger partial charge >= 0.3 is 12.0 Å². The summed E-state index contributed by atoms with van der Waals surface area (Å²) >= 11 is 5.73. The highest BCUT2D eigenvalue weighted by Crippen LogP contribution is 2.32. The molecule has 2 aromatic rings. The smallest absolute Gasteiger partial charge is 0.317 e. The molecule has 29 heavy (non-hydrogen) atoms. The third-order valence-electron chi connectivity index (χ3n) is 4.68. The van der Waals surface area contributed by atoms with Crippen molar-refractivity contribution in [3.63, 3.8) is 0 Å². The van der Waals surface area contributed by atoms with Gasteiger partial charge in [-0.25, -0.2) is 13.8 Å². The zero-order valence-corrected chi connectivity index (χ0v) is 16.7. The summed E-state index contributed by atoms with van der Waals surface area (Å²) in [6.45, 7) is 2.03. The molecule has 0 bridgehead atoms. The van der Waals surface area contributed by atoms with Gasteiger partial charge in [-0.15, -0.1) is 0 Å². The van der Waals surface area contributed by atoms with Crippen LogP contribution in [0.1, 0.15) is 43.9 Å². The maximum Gasteiger partial charge on any atom is 0.317 e. The van der Waals surface area contributed by atoms with Crippen LogP contribution in [0.3, 0.4) is 0 Å². The molecular weight excluding hydrogens is 402 g/mol. The minimum Gasteiger partial charge on any atom is -0.466 e. The first-order valence-electron chi connectivity index (χ1n) is 9.40. The number of halogens is 3. The summed E-state index contributed by atoms with van der Waals surface area (Å²) in [7, 11) is 0. The van der Waals surface area contributed by atoms with E-state index in [0.717, 1.165) is 18.2 Å². The molecule has 0 spiro atoms. The Labute approximate surface area is 172 Å². The fraction of sp³-hybridized carbons (Fsp3) is 0.381. The molecule has 1 heterocycles. The Morgan fingerprint density at radius 2 is 2.14 bits per heavy atom. The van der Waals surface area contributed by atoms with Crippen molar-refractivity contribution in [2.75, 3.05) is 6.61 Å². The summed E-state index contributed by atoms with van der Waals surface area (Å²) < 4.78 is 38.5. The molecule has 5 nitrogen and oxygen atoms in total. The maximum atomic E-state index is 14.3. The van der Waals surface area contributed by atoms with Gasteiger partial charge in [-0.3, -0.25) is 4.79 Å². The Kier molecular flexibility index (Phi) is 7.14. The SMILES string of the molecule is CCOC(=O)CC1CC=C(c2nc(OCc3ccc(Cl)cc3F)ncc2F)CC1. The number of nitrogens with zero attached hydrogens (tertiary/aromatic N) is 2. The van der Waals surface area contributed by atoms with Gasteiger partial charge in [0.25, 0.3) is 0 Å². The van der Waals surface area contributed by atoms with Crippen LogP contribution in [0.4, 0.5) is 8.78 Å². The molecule has 1 aliphatic carbocycles. The van der Waals surface area contributed by atoms with Crippen LogP contribution >= 0.6 is 11.6 Å². The average Bonchev–Trinajstić information content (AvgIpc) is 2.69. The molecule has 0 fully saturated rings. The number of benzene rings is 1. The Morgan fingerprint density at radius 1 is 1.31 bits per heavy atom. The van der Waals surface area contributed by atoms with Crippen molar-refractivity contribution in [1.82, 2.24) is 9.97 Å². The fourth-order valence-electron chi connectivity index (χ4n) is 3.17. The van der Waals surface area contributed by atoms with Crippen LogP contribution in [0, 0.1) is 17.6 Å². The molecule has 0 saturated heterocycles.